The van der Waals surface area contributed by atoms with E-state index < -0.39 is 17.5 Å². The molecule has 0 bridgehead atoms. The Hall–Kier alpha value is -1.34. The number of hydrogen-bond donors (Lipinski definition) is 4. The molecule has 116 valence electrons. The van der Waals surface area contributed by atoms with Crippen molar-refractivity contribution in [2.45, 2.75) is 38.1 Å². The van der Waals surface area contributed by atoms with Crippen molar-refractivity contribution in [3.63, 3.8) is 0 Å². The molecule has 7 heteroatoms. The van der Waals surface area contributed by atoms with Crippen molar-refractivity contribution < 1.29 is 24.9 Å². The molecule has 2 amide bonds. The summed E-state index contributed by atoms with van der Waals surface area (Å²) in [7, 11) is 0. The highest BCUT2D eigenvalue weighted by atomic mass is 16.4. The van der Waals surface area contributed by atoms with E-state index in [9.17, 15) is 14.7 Å². The van der Waals surface area contributed by atoms with Gasteiger partial charge in [-0.1, -0.05) is 19.8 Å². The summed E-state index contributed by atoms with van der Waals surface area (Å²) in [6.45, 7) is 1.64. The van der Waals surface area contributed by atoms with Crippen LogP contribution in [0.5, 0.6) is 0 Å². The van der Waals surface area contributed by atoms with Crippen LogP contribution in [0, 0.1) is 5.92 Å². The Morgan fingerprint density at radius 3 is 2.35 bits per heavy atom. The van der Waals surface area contributed by atoms with Crippen LogP contribution in [0.3, 0.4) is 0 Å². The van der Waals surface area contributed by atoms with Gasteiger partial charge in [0.15, 0.2) is 0 Å². The molecule has 1 rings (SSSR count). The van der Waals surface area contributed by atoms with Crippen LogP contribution < -0.4 is 5.32 Å². The average molecular weight is 288 g/mol. The number of aliphatic hydroxyl groups is 2. The van der Waals surface area contributed by atoms with Crippen LogP contribution in [-0.4, -0.2) is 64.1 Å². The van der Waals surface area contributed by atoms with Gasteiger partial charge in [-0.05, 0) is 18.8 Å². The Morgan fingerprint density at radius 1 is 1.30 bits per heavy atom. The molecule has 0 aliphatic heterocycles. The summed E-state index contributed by atoms with van der Waals surface area (Å²) < 4.78 is 0. The van der Waals surface area contributed by atoms with E-state index >= 15 is 0 Å². The summed E-state index contributed by atoms with van der Waals surface area (Å²) in [6, 6.07) is -0.551. The van der Waals surface area contributed by atoms with Gasteiger partial charge >= 0.3 is 12.0 Å². The molecule has 1 saturated carbocycles. The molecule has 7 nitrogen and oxygen atoms in total. The summed E-state index contributed by atoms with van der Waals surface area (Å²) in [5.74, 6) is -0.783. The molecular weight excluding hydrogens is 264 g/mol. The molecule has 1 fully saturated rings. The van der Waals surface area contributed by atoms with Crippen LogP contribution in [0.25, 0.3) is 0 Å². The second-order valence-electron chi connectivity index (χ2n) is 5.45. The lowest BCUT2D eigenvalue weighted by Crippen LogP contribution is -2.60. The lowest BCUT2D eigenvalue weighted by molar-refractivity contribution is -0.146. The Labute approximate surface area is 118 Å². The first-order valence-corrected chi connectivity index (χ1v) is 6.97. The third kappa shape index (κ3) is 4.08. The molecule has 2 unspecified atom stereocenters. The van der Waals surface area contributed by atoms with Gasteiger partial charge in [-0.2, -0.15) is 0 Å². The summed E-state index contributed by atoms with van der Waals surface area (Å²) in [5.41, 5.74) is -1.24. The molecule has 0 saturated heterocycles. The predicted molar refractivity (Wildman–Crippen MR) is 72.3 cm³/mol. The number of nitrogens with one attached hydrogen (secondary N) is 1. The number of urea groups is 1. The molecule has 4 N–H and O–H groups in total. The van der Waals surface area contributed by atoms with Crippen molar-refractivity contribution in [3.05, 3.63) is 0 Å². The Kier molecular flexibility index (Phi) is 6.22. The van der Waals surface area contributed by atoms with Crippen LogP contribution >= 0.6 is 0 Å². The average Bonchev–Trinajstić information content (AvgIpc) is 2.38. The van der Waals surface area contributed by atoms with Crippen LogP contribution in [0.1, 0.15) is 32.6 Å². The third-order valence-corrected chi connectivity index (χ3v) is 3.78. The van der Waals surface area contributed by atoms with Crippen LogP contribution in [0.4, 0.5) is 4.79 Å². The maximum Gasteiger partial charge on any atom is 0.329 e. The van der Waals surface area contributed by atoms with Gasteiger partial charge in [0.2, 0.25) is 0 Å². The highest BCUT2D eigenvalue weighted by molar-refractivity contribution is 5.86. The fraction of sp³-hybridized carbons (Fsp3) is 0.846. The van der Waals surface area contributed by atoms with E-state index in [4.69, 9.17) is 10.2 Å². The van der Waals surface area contributed by atoms with E-state index in [1.807, 2.05) is 6.92 Å². The number of rotatable bonds is 6. The minimum Gasteiger partial charge on any atom is -0.480 e. The van der Waals surface area contributed by atoms with Crippen LogP contribution in [-0.2, 0) is 4.79 Å². The Balaban J connectivity index is 2.78. The molecule has 0 aromatic rings. The second-order valence-corrected chi connectivity index (χ2v) is 5.45. The summed E-state index contributed by atoms with van der Waals surface area (Å²) in [4.78, 5) is 24.9. The molecular formula is C13H24N2O5. The molecule has 1 aliphatic carbocycles. The molecule has 0 aromatic heterocycles. The largest absolute Gasteiger partial charge is 0.480 e. The van der Waals surface area contributed by atoms with E-state index in [0.29, 0.717) is 12.8 Å². The zero-order valence-electron chi connectivity index (χ0n) is 11.8. The number of carbonyl (C=O) groups is 2. The van der Waals surface area contributed by atoms with Crippen molar-refractivity contribution in [2.24, 2.45) is 5.92 Å². The molecule has 0 radical (unpaired) electrons. The van der Waals surface area contributed by atoms with E-state index in [1.165, 1.54) is 4.90 Å². The summed E-state index contributed by atoms with van der Waals surface area (Å²) >= 11 is 0. The molecule has 0 spiro atoms. The third-order valence-electron chi connectivity index (χ3n) is 3.78. The van der Waals surface area contributed by atoms with E-state index in [-0.39, 0.29) is 32.2 Å². The minimum atomic E-state index is -1.24. The molecule has 0 aromatic carbocycles. The van der Waals surface area contributed by atoms with Gasteiger partial charge in [-0.3, -0.25) is 0 Å². The number of aliphatic hydroxyl groups excluding tert-OH is 2. The van der Waals surface area contributed by atoms with Gasteiger partial charge in [-0.25, -0.2) is 9.59 Å². The van der Waals surface area contributed by atoms with Gasteiger partial charge in [0.05, 0.1) is 13.2 Å². The maximum atomic E-state index is 12.1. The lowest BCUT2D eigenvalue weighted by Gasteiger charge is -2.38. The fourth-order valence-electron chi connectivity index (χ4n) is 2.75. The van der Waals surface area contributed by atoms with Gasteiger partial charge in [0, 0.05) is 13.1 Å². The quantitative estimate of drug-likeness (QED) is 0.550. The Bertz CT molecular complexity index is 344. The standard InChI is InChI=1S/C13H24N2O5/c1-10-3-2-4-13(9-10,11(18)19)14-12(20)15(5-7-16)6-8-17/h10,16-17H,2-9H2,1H3,(H,14,20)(H,18,19). The number of amides is 2. The van der Waals surface area contributed by atoms with Gasteiger partial charge in [0.25, 0.3) is 0 Å². The van der Waals surface area contributed by atoms with Gasteiger partial charge in [0.1, 0.15) is 5.54 Å². The van der Waals surface area contributed by atoms with E-state index in [2.05, 4.69) is 5.32 Å². The number of hydrogen-bond acceptors (Lipinski definition) is 4. The highest BCUT2D eigenvalue weighted by Crippen LogP contribution is 2.32. The number of carboxylic acids is 1. The first kappa shape index (κ1) is 16.7. The number of carboxylic acid groups (broad SMARTS) is 1. The maximum absolute atomic E-state index is 12.1. The number of nitrogens with zero attached hydrogens (tertiary/aromatic N) is 1. The molecule has 20 heavy (non-hydrogen) atoms. The highest BCUT2D eigenvalue weighted by Gasteiger charge is 2.43. The fourth-order valence-corrected chi connectivity index (χ4v) is 2.75. The first-order valence-electron chi connectivity index (χ1n) is 6.97. The summed E-state index contributed by atoms with van der Waals surface area (Å²) in [5, 5.41) is 29.9. The molecule has 1 aliphatic rings. The molecule has 0 heterocycles. The second kappa shape index (κ2) is 7.44. The monoisotopic (exact) mass is 288 g/mol. The predicted octanol–water partition coefficient (Wildman–Crippen LogP) is 0.0161. The SMILES string of the molecule is CC1CCCC(NC(=O)N(CCO)CCO)(C(=O)O)C1. The van der Waals surface area contributed by atoms with Crippen LogP contribution in [0.2, 0.25) is 0 Å². The van der Waals surface area contributed by atoms with Gasteiger partial charge in [-0.15, -0.1) is 0 Å². The molecule has 2 atom stereocenters. The normalized spacial score (nSPS) is 26.1. The topological polar surface area (TPSA) is 110 Å². The number of aliphatic carboxylic acids is 1. The van der Waals surface area contributed by atoms with Crippen molar-refractivity contribution >= 4 is 12.0 Å². The Morgan fingerprint density at radius 2 is 1.90 bits per heavy atom. The van der Waals surface area contributed by atoms with E-state index in [0.717, 1.165) is 12.8 Å². The van der Waals surface area contributed by atoms with Crippen molar-refractivity contribution in [2.75, 3.05) is 26.3 Å². The zero-order chi connectivity index (χ0) is 15.2. The van der Waals surface area contributed by atoms with E-state index in [1.54, 1.807) is 0 Å². The van der Waals surface area contributed by atoms with Crippen molar-refractivity contribution in [1.29, 1.82) is 0 Å². The first-order chi connectivity index (χ1) is 9.45. The number of carbonyl (C=O) groups excluding carboxylic acids is 1. The smallest absolute Gasteiger partial charge is 0.329 e. The van der Waals surface area contributed by atoms with Crippen molar-refractivity contribution in [3.8, 4) is 0 Å². The zero-order valence-corrected chi connectivity index (χ0v) is 11.8. The minimum absolute atomic E-state index is 0.0671. The van der Waals surface area contributed by atoms with Gasteiger partial charge < -0.3 is 25.5 Å². The van der Waals surface area contributed by atoms with Crippen LogP contribution in [0.15, 0.2) is 0 Å². The summed E-state index contributed by atoms with van der Waals surface area (Å²) in [6.07, 6.45) is 2.53. The van der Waals surface area contributed by atoms with Crippen molar-refractivity contribution in [1.82, 2.24) is 10.2 Å². The lowest BCUT2D eigenvalue weighted by atomic mass is 9.76.